The van der Waals surface area contributed by atoms with Crippen LogP contribution in [0.1, 0.15) is 37.2 Å². The van der Waals surface area contributed by atoms with Crippen LogP contribution in [0, 0.1) is 0 Å². The quantitative estimate of drug-likeness (QED) is 0.933. The second-order valence-electron chi connectivity index (χ2n) is 5.98. The molecule has 1 heterocycles. The molecule has 0 aromatic heterocycles. The van der Waals surface area contributed by atoms with Crippen LogP contribution in [0.3, 0.4) is 0 Å². The number of benzene rings is 1. The van der Waals surface area contributed by atoms with E-state index in [9.17, 15) is 8.42 Å². The summed E-state index contributed by atoms with van der Waals surface area (Å²) in [5.41, 5.74) is 1.25. The third-order valence-corrected chi connectivity index (χ3v) is 6.57. The molecule has 1 aromatic carbocycles. The summed E-state index contributed by atoms with van der Waals surface area (Å²) in [7, 11) is -2.76. The monoisotopic (exact) mass is 313 g/mol. The Morgan fingerprint density at radius 1 is 1.05 bits per heavy atom. The number of nitrogens with one attached hydrogen (secondary N) is 1. The Kier molecular flexibility index (Phi) is 4.07. The Morgan fingerprint density at radius 3 is 2.35 bits per heavy atom. The Labute approximate surface area is 125 Å². The first-order valence-corrected chi connectivity index (χ1v) is 9.44. The van der Waals surface area contributed by atoms with E-state index in [1.54, 1.807) is 0 Å². The van der Waals surface area contributed by atoms with E-state index < -0.39 is 9.84 Å². The van der Waals surface area contributed by atoms with E-state index in [0.717, 1.165) is 30.7 Å². The van der Waals surface area contributed by atoms with Crippen molar-refractivity contribution in [1.82, 2.24) is 5.32 Å². The average Bonchev–Trinajstić information content (AvgIpc) is 2.36. The van der Waals surface area contributed by atoms with Gasteiger partial charge in [-0.1, -0.05) is 29.8 Å². The zero-order chi connectivity index (χ0) is 14.2. The Hall–Kier alpha value is -0.580. The lowest BCUT2D eigenvalue weighted by atomic mass is 9.75. The van der Waals surface area contributed by atoms with Crippen molar-refractivity contribution in [2.45, 2.75) is 43.7 Å². The highest BCUT2D eigenvalue weighted by Gasteiger charge is 2.34. The summed E-state index contributed by atoms with van der Waals surface area (Å²) in [6, 6.07) is 8.94. The third-order valence-electron chi connectivity index (χ3n) is 4.51. The van der Waals surface area contributed by atoms with Crippen LogP contribution >= 0.6 is 11.6 Å². The van der Waals surface area contributed by atoms with Gasteiger partial charge in [-0.15, -0.1) is 0 Å². The Bertz CT molecular complexity index is 567. The molecule has 3 rings (SSSR count). The maximum absolute atomic E-state index is 11.4. The lowest BCUT2D eigenvalue weighted by molar-refractivity contribution is 0.257. The van der Waals surface area contributed by atoms with Crippen LogP contribution in [0.25, 0.3) is 0 Å². The highest BCUT2D eigenvalue weighted by Crippen LogP contribution is 2.40. The van der Waals surface area contributed by atoms with E-state index in [2.05, 4.69) is 11.4 Å². The molecule has 2 fully saturated rings. The molecular weight excluding hydrogens is 294 g/mol. The van der Waals surface area contributed by atoms with E-state index in [0.29, 0.717) is 29.5 Å². The fourth-order valence-electron chi connectivity index (χ4n) is 3.20. The molecule has 1 aliphatic carbocycles. The van der Waals surface area contributed by atoms with Crippen molar-refractivity contribution in [2.75, 3.05) is 11.5 Å². The molecule has 0 unspecified atom stereocenters. The highest BCUT2D eigenvalue weighted by molar-refractivity contribution is 7.91. The van der Waals surface area contributed by atoms with Gasteiger partial charge in [0.25, 0.3) is 0 Å². The van der Waals surface area contributed by atoms with Crippen LogP contribution in [0.15, 0.2) is 24.3 Å². The normalized spacial score (nSPS) is 29.9. The van der Waals surface area contributed by atoms with Crippen molar-refractivity contribution in [3.63, 3.8) is 0 Å². The van der Waals surface area contributed by atoms with Crippen molar-refractivity contribution in [3.8, 4) is 0 Å². The van der Waals surface area contributed by atoms with Crippen molar-refractivity contribution in [3.05, 3.63) is 34.9 Å². The second kappa shape index (κ2) is 5.66. The third kappa shape index (κ3) is 3.18. The van der Waals surface area contributed by atoms with Crippen molar-refractivity contribution >= 4 is 21.4 Å². The number of rotatable bonds is 3. The van der Waals surface area contributed by atoms with E-state index in [-0.39, 0.29) is 0 Å². The van der Waals surface area contributed by atoms with Crippen LogP contribution < -0.4 is 5.32 Å². The first-order chi connectivity index (χ1) is 9.53. The van der Waals surface area contributed by atoms with E-state index >= 15 is 0 Å². The fraction of sp³-hybridized carbons (Fsp3) is 0.600. The first-order valence-electron chi connectivity index (χ1n) is 7.24. The number of halogens is 1. The van der Waals surface area contributed by atoms with Gasteiger partial charge in [0.15, 0.2) is 0 Å². The number of sulfone groups is 1. The summed E-state index contributed by atoms with van der Waals surface area (Å²) in [6.45, 7) is 0. The van der Waals surface area contributed by atoms with Crippen molar-refractivity contribution < 1.29 is 8.42 Å². The lowest BCUT2D eigenvalue weighted by Gasteiger charge is -2.40. The number of hydrogen-bond donors (Lipinski definition) is 1. The molecule has 1 saturated heterocycles. The van der Waals surface area contributed by atoms with Gasteiger partial charge >= 0.3 is 0 Å². The topological polar surface area (TPSA) is 46.2 Å². The average molecular weight is 314 g/mol. The molecule has 0 amide bonds. The maximum Gasteiger partial charge on any atom is 0.150 e. The molecule has 5 heteroatoms. The zero-order valence-electron chi connectivity index (χ0n) is 11.4. The molecule has 20 heavy (non-hydrogen) atoms. The van der Waals surface area contributed by atoms with Gasteiger partial charge in [0.05, 0.1) is 11.5 Å². The fourth-order valence-corrected chi connectivity index (χ4v) is 4.99. The second-order valence-corrected chi connectivity index (χ2v) is 8.69. The zero-order valence-corrected chi connectivity index (χ0v) is 13.0. The summed E-state index contributed by atoms with van der Waals surface area (Å²) in [5.74, 6) is 1.23. The minimum absolute atomic E-state index is 0.339. The van der Waals surface area contributed by atoms with Crippen molar-refractivity contribution in [2.24, 2.45) is 0 Å². The Balaban J connectivity index is 1.48. The van der Waals surface area contributed by atoms with Gasteiger partial charge in [-0.05, 0) is 43.2 Å². The molecule has 1 N–H and O–H groups in total. The number of hydrogen-bond acceptors (Lipinski definition) is 3. The smallest absolute Gasteiger partial charge is 0.150 e. The lowest BCUT2D eigenvalue weighted by Crippen LogP contribution is -2.48. The maximum atomic E-state index is 11.4. The predicted octanol–water partition coefficient (Wildman–Crippen LogP) is 2.75. The SMILES string of the molecule is O=S1(=O)CCC(NC2CC(c3ccccc3Cl)C2)CC1. The van der Waals surface area contributed by atoms with Gasteiger partial charge in [0, 0.05) is 17.1 Å². The van der Waals surface area contributed by atoms with Crippen LogP contribution in [-0.2, 0) is 9.84 Å². The van der Waals surface area contributed by atoms with Gasteiger partial charge in [-0.2, -0.15) is 0 Å². The van der Waals surface area contributed by atoms with Crippen LogP contribution in [-0.4, -0.2) is 32.0 Å². The molecule has 110 valence electrons. The van der Waals surface area contributed by atoms with Crippen LogP contribution in [0.2, 0.25) is 5.02 Å². The minimum atomic E-state index is -2.76. The highest BCUT2D eigenvalue weighted by atomic mass is 35.5. The molecular formula is C15H20ClNO2S. The summed E-state index contributed by atoms with van der Waals surface area (Å²) in [5, 5.41) is 4.47. The molecule has 0 spiro atoms. The van der Waals surface area contributed by atoms with Gasteiger partial charge in [-0.25, -0.2) is 8.42 Å². The standard InChI is InChI=1S/C15H20ClNO2S/c16-15-4-2-1-3-14(15)11-9-13(10-11)17-12-5-7-20(18,19)8-6-12/h1-4,11-13,17H,5-10H2. The summed E-state index contributed by atoms with van der Waals surface area (Å²) < 4.78 is 22.8. The largest absolute Gasteiger partial charge is 0.311 e. The van der Waals surface area contributed by atoms with E-state index in [1.165, 1.54) is 5.56 Å². The summed E-state index contributed by atoms with van der Waals surface area (Å²) in [6.07, 6.45) is 3.73. The van der Waals surface area contributed by atoms with Gasteiger partial charge in [-0.3, -0.25) is 0 Å². The first kappa shape index (κ1) is 14.4. The molecule has 1 saturated carbocycles. The van der Waals surface area contributed by atoms with Gasteiger partial charge < -0.3 is 5.32 Å². The van der Waals surface area contributed by atoms with Gasteiger partial charge in [0.1, 0.15) is 9.84 Å². The molecule has 3 nitrogen and oxygen atoms in total. The molecule has 0 bridgehead atoms. The van der Waals surface area contributed by atoms with Crippen molar-refractivity contribution in [1.29, 1.82) is 0 Å². The molecule has 0 radical (unpaired) electrons. The van der Waals surface area contributed by atoms with Crippen LogP contribution in [0.5, 0.6) is 0 Å². The van der Waals surface area contributed by atoms with Gasteiger partial charge in [0.2, 0.25) is 0 Å². The minimum Gasteiger partial charge on any atom is -0.311 e. The van der Waals surface area contributed by atoms with E-state index in [1.807, 2.05) is 18.2 Å². The molecule has 2 aliphatic rings. The van der Waals surface area contributed by atoms with Crippen LogP contribution in [0.4, 0.5) is 0 Å². The molecule has 1 aromatic rings. The predicted molar refractivity (Wildman–Crippen MR) is 82.0 cm³/mol. The molecule has 1 aliphatic heterocycles. The Morgan fingerprint density at radius 2 is 1.70 bits per heavy atom. The molecule has 0 atom stereocenters. The summed E-state index contributed by atoms with van der Waals surface area (Å²) >= 11 is 6.22. The van der Waals surface area contributed by atoms with E-state index in [4.69, 9.17) is 11.6 Å². The summed E-state index contributed by atoms with van der Waals surface area (Å²) in [4.78, 5) is 0.